The number of benzene rings is 5. The van der Waals surface area contributed by atoms with Gasteiger partial charge in [-0.05, 0) is 100 Å². The quantitative estimate of drug-likeness (QED) is 0.190. The highest BCUT2D eigenvalue weighted by Crippen LogP contribution is 2.23. The first-order valence-corrected chi connectivity index (χ1v) is 13.9. The minimum Gasteiger partial charge on any atom is -0.291 e. The van der Waals surface area contributed by atoms with Crippen molar-refractivity contribution in [1.82, 2.24) is 0 Å². The van der Waals surface area contributed by atoms with Crippen molar-refractivity contribution in [3.05, 3.63) is 155 Å². The molecule has 6 heteroatoms. The molecule has 2 amide bonds. The molecule has 5 aromatic carbocycles. The number of anilines is 4. The molecular formula is C36H34N4O2. The van der Waals surface area contributed by atoms with Crippen LogP contribution < -0.4 is 20.9 Å². The molecule has 0 bridgehead atoms. The summed E-state index contributed by atoms with van der Waals surface area (Å²) >= 11 is 0. The van der Waals surface area contributed by atoms with Gasteiger partial charge in [-0.1, -0.05) is 70.8 Å². The Bertz CT molecular complexity index is 1530. The molecule has 42 heavy (non-hydrogen) atoms. The Morgan fingerprint density at radius 3 is 0.952 bits per heavy atom. The van der Waals surface area contributed by atoms with Crippen molar-refractivity contribution in [2.45, 2.75) is 27.7 Å². The largest absolute Gasteiger partial charge is 0.291 e. The molecule has 0 saturated heterocycles. The maximum absolute atomic E-state index is 13.8. The maximum Gasteiger partial charge on any atom is 0.276 e. The molecule has 0 radical (unpaired) electrons. The molecule has 0 aliphatic carbocycles. The average Bonchev–Trinajstić information content (AvgIpc) is 3.01. The summed E-state index contributed by atoms with van der Waals surface area (Å²) in [5.41, 5.74) is 14.8. The van der Waals surface area contributed by atoms with Gasteiger partial charge in [-0.3, -0.25) is 20.4 Å². The van der Waals surface area contributed by atoms with E-state index < -0.39 is 0 Å². The van der Waals surface area contributed by atoms with E-state index in [0.717, 1.165) is 33.6 Å². The van der Waals surface area contributed by atoms with Gasteiger partial charge in [0.25, 0.3) is 11.8 Å². The van der Waals surface area contributed by atoms with Crippen molar-refractivity contribution in [2.24, 2.45) is 0 Å². The van der Waals surface area contributed by atoms with Crippen molar-refractivity contribution < 1.29 is 9.59 Å². The molecule has 0 fully saturated rings. The van der Waals surface area contributed by atoms with Crippen LogP contribution in [0.5, 0.6) is 0 Å². The Balaban J connectivity index is 1.42. The number of amides is 2. The Morgan fingerprint density at radius 1 is 0.405 bits per heavy atom. The summed E-state index contributed by atoms with van der Waals surface area (Å²) < 4.78 is 0. The summed E-state index contributed by atoms with van der Waals surface area (Å²) in [7, 11) is 0. The van der Waals surface area contributed by atoms with Crippen LogP contribution in [0.25, 0.3) is 0 Å². The van der Waals surface area contributed by atoms with E-state index in [9.17, 15) is 9.59 Å². The van der Waals surface area contributed by atoms with Crippen LogP contribution in [0.4, 0.5) is 22.7 Å². The zero-order valence-corrected chi connectivity index (χ0v) is 24.3. The van der Waals surface area contributed by atoms with Crippen LogP contribution in [-0.4, -0.2) is 11.8 Å². The first kappa shape index (κ1) is 28.2. The zero-order valence-electron chi connectivity index (χ0n) is 24.3. The van der Waals surface area contributed by atoms with Crippen molar-refractivity contribution in [3.8, 4) is 0 Å². The molecule has 0 spiro atoms. The van der Waals surface area contributed by atoms with Crippen molar-refractivity contribution in [2.75, 3.05) is 20.9 Å². The number of hydrogen-bond acceptors (Lipinski definition) is 4. The Kier molecular flexibility index (Phi) is 8.34. The van der Waals surface area contributed by atoms with E-state index in [1.807, 2.05) is 125 Å². The fourth-order valence-electron chi connectivity index (χ4n) is 4.38. The standard InChI is InChI=1S/C36H34N4O2/c1-25-5-17-31(18-6-25)37-39(33-21-9-27(3)10-22-33)35(41)29-13-15-30(16-14-29)36(42)40(34-23-11-28(4)12-24-34)38-32-19-7-26(2)8-20-32/h5-24,37-38H,1-4H3. The highest BCUT2D eigenvalue weighted by molar-refractivity contribution is 6.10. The minimum atomic E-state index is -0.244. The Hall–Kier alpha value is -5.36. The summed E-state index contributed by atoms with van der Waals surface area (Å²) in [6, 6.07) is 38.0. The number of hydrogen-bond donors (Lipinski definition) is 2. The van der Waals surface area contributed by atoms with E-state index in [1.54, 1.807) is 24.3 Å². The lowest BCUT2D eigenvalue weighted by Crippen LogP contribution is -2.37. The van der Waals surface area contributed by atoms with E-state index in [-0.39, 0.29) is 11.8 Å². The summed E-state index contributed by atoms with van der Waals surface area (Å²) in [5, 5.41) is 3.05. The molecule has 5 rings (SSSR count). The van der Waals surface area contributed by atoms with Gasteiger partial charge in [0.1, 0.15) is 0 Å². The fraction of sp³-hybridized carbons (Fsp3) is 0.111. The number of aryl methyl sites for hydroxylation is 4. The molecule has 5 aromatic rings. The summed E-state index contributed by atoms with van der Waals surface area (Å²) in [5.74, 6) is -0.488. The summed E-state index contributed by atoms with van der Waals surface area (Å²) in [4.78, 5) is 27.6. The number of nitrogens with zero attached hydrogens (tertiary/aromatic N) is 2. The highest BCUT2D eigenvalue weighted by Gasteiger charge is 2.22. The molecular weight excluding hydrogens is 520 g/mol. The summed E-state index contributed by atoms with van der Waals surface area (Å²) in [6.07, 6.45) is 0. The van der Waals surface area contributed by atoms with Crippen LogP contribution in [0.2, 0.25) is 0 Å². The predicted octanol–water partition coefficient (Wildman–Crippen LogP) is 8.27. The van der Waals surface area contributed by atoms with Crippen LogP contribution in [0.15, 0.2) is 121 Å². The van der Waals surface area contributed by atoms with E-state index in [2.05, 4.69) is 10.9 Å². The van der Waals surface area contributed by atoms with Crippen molar-refractivity contribution >= 4 is 34.6 Å². The molecule has 6 nitrogen and oxygen atoms in total. The first-order chi connectivity index (χ1) is 20.3. The lowest BCUT2D eigenvalue weighted by atomic mass is 10.1. The number of carbonyl (C=O) groups excluding carboxylic acids is 2. The molecule has 0 saturated carbocycles. The van der Waals surface area contributed by atoms with Gasteiger partial charge in [-0.2, -0.15) is 0 Å². The lowest BCUT2D eigenvalue weighted by molar-refractivity contribution is 0.0981. The number of nitrogens with one attached hydrogen (secondary N) is 2. The SMILES string of the molecule is Cc1ccc(NN(C(=O)c2ccc(C(=O)N(Nc3ccc(C)cc3)c3ccc(C)cc3)cc2)c2ccc(C)cc2)cc1. The third-order valence-electron chi connectivity index (χ3n) is 6.95. The van der Waals surface area contributed by atoms with Crippen LogP contribution >= 0.6 is 0 Å². The molecule has 0 atom stereocenters. The Morgan fingerprint density at radius 2 is 0.667 bits per heavy atom. The van der Waals surface area contributed by atoms with Crippen LogP contribution in [0.3, 0.4) is 0 Å². The normalized spacial score (nSPS) is 10.6. The molecule has 0 aromatic heterocycles. The number of carbonyl (C=O) groups is 2. The number of rotatable bonds is 8. The first-order valence-electron chi connectivity index (χ1n) is 13.9. The van der Waals surface area contributed by atoms with E-state index in [1.165, 1.54) is 10.0 Å². The van der Waals surface area contributed by atoms with E-state index in [0.29, 0.717) is 22.5 Å². The van der Waals surface area contributed by atoms with Gasteiger partial charge in [0, 0.05) is 11.1 Å². The van der Waals surface area contributed by atoms with Crippen LogP contribution in [0, 0.1) is 27.7 Å². The van der Waals surface area contributed by atoms with Gasteiger partial charge in [0.15, 0.2) is 0 Å². The van der Waals surface area contributed by atoms with Crippen LogP contribution in [-0.2, 0) is 0 Å². The highest BCUT2D eigenvalue weighted by atomic mass is 16.2. The summed E-state index contributed by atoms with van der Waals surface area (Å²) in [6.45, 7) is 8.05. The van der Waals surface area contributed by atoms with Gasteiger partial charge in [-0.15, -0.1) is 0 Å². The van der Waals surface area contributed by atoms with Crippen molar-refractivity contribution in [1.29, 1.82) is 0 Å². The zero-order chi connectivity index (χ0) is 29.6. The molecule has 210 valence electrons. The third-order valence-corrected chi connectivity index (χ3v) is 6.95. The molecule has 0 aliphatic rings. The second-order valence-corrected chi connectivity index (χ2v) is 10.5. The second-order valence-electron chi connectivity index (χ2n) is 10.5. The smallest absolute Gasteiger partial charge is 0.276 e. The van der Waals surface area contributed by atoms with E-state index in [4.69, 9.17) is 0 Å². The van der Waals surface area contributed by atoms with Crippen molar-refractivity contribution in [3.63, 3.8) is 0 Å². The van der Waals surface area contributed by atoms with Gasteiger partial charge in [0.05, 0.1) is 22.7 Å². The fourth-order valence-corrected chi connectivity index (χ4v) is 4.38. The van der Waals surface area contributed by atoms with E-state index >= 15 is 0 Å². The topological polar surface area (TPSA) is 64.7 Å². The molecule has 0 unspecified atom stereocenters. The van der Waals surface area contributed by atoms with Crippen LogP contribution in [0.1, 0.15) is 43.0 Å². The third kappa shape index (κ3) is 6.67. The van der Waals surface area contributed by atoms with Gasteiger partial charge in [-0.25, -0.2) is 10.0 Å². The van der Waals surface area contributed by atoms with Gasteiger partial charge >= 0.3 is 0 Å². The Labute approximate surface area is 247 Å². The molecule has 0 heterocycles. The second kappa shape index (κ2) is 12.4. The monoisotopic (exact) mass is 554 g/mol. The maximum atomic E-state index is 13.8. The number of hydrazine groups is 2. The molecule has 2 N–H and O–H groups in total. The lowest BCUT2D eigenvalue weighted by Gasteiger charge is -2.26. The minimum absolute atomic E-state index is 0.244. The predicted molar refractivity (Wildman–Crippen MR) is 172 cm³/mol. The van der Waals surface area contributed by atoms with Gasteiger partial charge < -0.3 is 0 Å². The molecule has 0 aliphatic heterocycles. The average molecular weight is 555 g/mol. The van der Waals surface area contributed by atoms with Gasteiger partial charge in [0.2, 0.25) is 0 Å².